The van der Waals surface area contributed by atoms with Crippen LogP contribution in [0.3, 0.4) is 0 Å². The molecule has 1 aliphatic heterocycles. The molecule has 5 rings (SSSR count). The first-order chi connectivity index (χ1) is 17.5. The van der Waals surface area contributed by atoms with Gasteiger partial charge in [0, 0.05) is 17.7 Å². The predicted molar refractivity (Wildman–Crippen MR) is 144 cm³/mol. The largest absolute Gasteiger partial charge is 0.488 e. The highest BCUT2D eigenvalue weighted by Gasteiger charge is 2.25. The van der Waals surface area contributed by atoms with Gasteiger partial charge in [-0.2, -0.15) is 0 Å². The van der Waals surface area contributed by atoms with Crippen LogP contribution in [0.5, 0.6) is 5.75 Å². The topological polar surface area (TPSA) is 93.8 Å². The molecule has 1 heterocycles. The minimum atomic E-state index is -0.532. The number of halogens is 1. The van der Waals surface area contributed by atoms with Gasteiger partial charge in [-0.25, -0.2) is 4.99 Å². The molecule has 0 aromatic heterocycles. The number of amides is 1. The highest BCUT2D eigenvalue weighted by molar-refractivity contribution is 8.18. The van der Waals surface area contributed by atoms with Crippen molar-refractivity contribution in [3.05, 3.63) is 116 Å². The first-order valence-corrected chi connectivity index (χ1v) is 12.1. The van der Waals surface area contributed by atoms with Crippen LogP contribution in [0.25, 0.3) is 16.8 Å². The molecule has 0 aliphatic carbocycles. The normalized spacial score (nSPS) is 15.4. The zero-order chi connectivity index (χ0) is 25.1. The van der Waals surface area contributed by atoms with Crippen molar-refractivity contribution >= 4 is 62.7 Å². The SMILES string of the molecule is O=C1NC(=Nc2ccc([N+](=O)[O-])cc2Cl)S/C1=C/c1ccccc1OCc1cccc2ccccc12. The van der Waals surface area contributed by atoms with Crippen molar-refractivity contribution in [1.82, 2.24) is 5.32 Å². The van der Waals surface area contributed by atoms with E-state index in [1.807, 2.05) is 48.5 Å². The molecule has 1 amide bonds. The third-order valence-electron chi connectivity index (χ3n) is 5.48. The quantitative estimate of drug-likeness (QED) is 0.172. The maximum atomic E-state index is 12.6. The number of hydrogen-bond acceptors (Lipinski definition) is 6. The Morgan fingerprint density at radius 1 is 1.03 bits per heavy atom. The Balaban J connectivity index is 1.36. The third kappa shape index (κ3) is 5.10. The second-order valence-corrected chi connectivity index (χ2v) is 9.28. The van der Waals surface area contributed by atoms with E-state index in [9.17, 15) is 14.9 Å². The number of carbonyl (C=O) groups excluding carboxylic acids is 1. The average molecular weight is 516 g/mol. The fourth-order valence-corrected chi connectivity index (χ4v) is 4.78. The summed E-state index contributed by atoms with van der Waals surface area (Å²) in [7, 11) is 0. The van der Waals surface area contributed by atoms with Gasteiger partial charge >= 0.3 is 0 Å². The molecule has 1 N–H and O–H groups in total. The summed E-state index contributed by atoms with van der Waals surface area (Å²) in [5, 5.41) is 16.3. The molecule has 1 aliphatic rings. The maximum absolute atomic E-state index is 12.6. The zero-order valence-corrected chi connectivity index (χ0v) is 20.3. The van der Waals surface area contributed by atoms with Gasteiger partial charge in [-0.3, -0.25) is 14.9 Å². The zero-order valence-electron chi connectivity index (χ0n) is 18.7. The molecule has 9 heteroatoms. The van der Waals surface area contributed by atoms with Crippen molar-refractivity contribution in [2.24, 2.45) is 4.99 Å². The molecule has 4 aromatic carbocycles. The van der Waals surface area contributed by atoms with Crippen molar-refractivity contribution in [2.75, 3.05) is 0 Å². The molecular weight excluding hydrogens is 498 g/mol. The van der Waals surface area contributed by atoms with Crippen LogP contribution in [-0.4, -0.2) is 16.0 Å². The van der Waals surface area contributed by atoms with Crippen LogP contribution in [0.4, 0.5) is 11.4 Å². The Labute approximate surface area is 215 Å². The van der Waals surface area contributed by atoms with E-state index in [-0.39, 0.29) is 16.6 Å². The highest BCUT2D eigenvalue weighted by atomic mass is 35.5. The van der Waals surface area contributed by atoms with Crippen LogP contribution in [0.2, 0.25) is 5.02 Å². The van der Waals surface area contributed by atoms with Gasteiger partial charge in [-0.15, -0.1) is 0 Å². The number of rotatable bonds is 6. The number of hydrogen-bond donors (Lipinski definition) is 1. The number of non-ortho nitro benzene ring substituents is 1. The molecule has 4 aromatic rings. The van der Waals surface area contributed by atoms with Crippen LogP contribution >= 0.6 is 23.4 Å². The van der Waals surface area contributed by atoms with Crippen molar-refractivity contribution in [1.29, 1.82) is 0 Å². The van der Waals surface area contributed by atoms with Gasteiger partial charge in [0.15, 0.2) is 5.17 Å². The molecule has 0 spiro atoms. The lowest BCUT2D eigenvalue weighted by atomic mass is 10.1. The smallest absolute Gasteiger partial charge is 0.271 e. The van der Waals surface area contributed by atoms with Crippen LogP contribution in [0.1, 0.15) is 11.1 Å². The summed E-state index contributed by atoms with van der Waals surface area (Å²) >= 11 is 7.29. The predicted octanol–water partition coefficient (Wildman–Crippen LogP) is 6.87. The molecular formula is C27H18ClN3O4S. The van der Waals surface area contributed by atoms with Gasteiger partial charge in [-0.05, 0) is 46.3 Å². The number of nitrogens with one attached hydrogen (secondary N) is 1. The van der Waals surface area contributed by atoms with E-state index in [2.05, 4.69) is 28.5 Å². The van der Waals surface area contributed by atoms with Crippen molar-refractivity contribution < 1.29 is 14.5 Å². The number of ether oxygens (including phenoxy) is 1. The van der Waals surface area contributed by atoms with E-state index < -0.39 is 4.92 Å². The maximum Gasteiger partial charge on any atom is 0.271 e. The molecule has 0 unspecified atom stereocenters. The van der Waals surface area contributed by atoms with Crippen molar-refractivity contribution in [3.63, 3.8) is 0 Å². The molecule has 1 saturated heterocycles. The number of fused-ring (bicyclic) bond motifs is 1. The number of para-hydroxylation sites is 1. The molecule has 0 radical (unpaired) electrons. The Morgan fingerprint density at radius 2 is 1.81 bits per heavy atom. The molecule has 1 fully saturated rings. The van der Waals surface area contributed by atoms with Gasteiger partial charge in [0.2, 0.25) is 0 Å². The third-order valence-corrected chi connectivity index (χ3v) is 6.70. The van der Waals surface area contributed by atoms with Crippen molar-refractivity contribution in [3.8, 4) is 5.75 Å². The number of nitrogens with zero attached hydrogens (tertiary/aromatic N) is 2. The van der Waals surface area contributed by atoms with E-state index >= 15 is 0 Å². The Hall–Kier alpha value is -4.14. The monoisotopic (exact) mass is 515 g/mol. The van der Waals surface area contributed by atoms with Crippen LogP contribution < -0.4 is 10.1 Å². The van der Waals surface area contributed by atoms with Gasteiger partial charge in [-0.1, -0.05) is 72.3 Å². The number of amidine groups is 1. The van der Waals surface area contributed by atoms with E-state index in [0.717, 1.165) is 33.7 Å². The summed E-state index contributed by atoms with van der Waals surface area (Å²) in [6.07, 6.45) is 1.75. The molecule has 7 nitrogen and oxygen atoms in total. The number of aliphatic imine (C=N–C) groups is 1. The summed E-state index contributed by atoms with van der Waals surface area (Å²) < 4.78 is 6.16. The van der Waals surface area contributed by atoms with E-state index in [0.29, 0.717) is 28.1 Å². The minimum Gasteiger partial charge on any atom is -0.488 e. The molecule has 0 atom stereocenters. The lowest BCUT2D eigenvalue weighted by molar-refractivity contribution is -0.384. The van der Waals surface area contributed by atoms with Gasteiger partial charge in [0.05, 0.1) is 20.5 Å². The molecule has 0 saturated carbocycles. The molecule has 178 valence electrons. The summed E-state index contributed by atoms with van der Waals surface area (Å²) in [6.45, 7) is 0.381. The molecule has 0 bridgehead atoms. The fourth-order valence-electron chi connectivity index (χ4n) is 3.74. The Kier molecular flexibility index (Phi) is 6.71. The number of nitro groups is 1. The average Bonchev–Trinajstić information content (AvgIpc) is 3.22. The second kappa shape index (κ2) is 10.2. The number of benzene rings is 4. The number of nitro benzene ring substituents is 1. The minimum absolute atomic E-state index is 0.121. The van der Waals surface area contributed by atoms with E-state index in [1.54, 1.807) is 6.08 Å². The standard InChI is InChI=1S/C27H18ClN3O4S/c28-22-15-20(31(33)34)12-13-23(22)29-27-30-26(32)25(36-27)14-18-7-2-4-11-24(18)35-16-19-9-5-8-17-6-1-3-10-21(17)19/h1-15H,16H2,(H,29,30,32)/b25-14+. The first-order valence-electron chi connectivity index (χ1n) is 10.9. The van der Waals surface area contributed by atoms with Gasteiger partial charge in [0.25, 0.3) is 11.6 Å². The highest BCUT2D eigenvalue weighted by Crippen LogP contribution is 2.34. The van der Waals surface area contributed by atoms with Crippen LogP contribution in [0, 0.1) is 10.1 Å². The van der Waals surface area contributed by atoms with Gasteiger partial charge < -0.3 is 10.1 Å². The lowest BCUT2D eigenvalue weighted by Crippen LogP contribution is -2.19. The number of carbonyl (C=O) groups is 1. The summed E-state index contributed by atoms with van der Waals surface area (Å²) in [5.74, 6) is 0.343. The fraction of sp³-hybridized carbons (Fsp3) is 0.0370. The van der Waals surface area contributed by atoms with Crippen molar-refractivity contribution in [2.45, 2.75) is 6.61 Å². The van der Waals surface area contributed by atoms with E-state index in [1.165, 1.54) is 18.2 Å². The Morgan fingerprint density at radius 3 is 2.64 bits per heavy atom. The van der Waals surface area contributed by atoms with Gasteiger partial charge in [0.1, 0.15) is 12.4 Å². The summed E-state index contributed by atoms with van der Waals surface area (Å²) in [5.41, 5.74) is 2.01. The first kappa shape index (κ1) is 23.6. The Bertz CT molecular complexity index is 1560. The summed E-state index contributed by atoms with van der Waals surface area (Å²) in [4.78, 5) is 27.8. The number of thioether (sulfide) groups is 1. The molecule has 36 heavy (non-hydrogen) atoms. The van der Waals surface area contributed by atoms with E-state index in [4.69, 9.17) is 16.3 Å². The van der Waals surface area contributed by atoms with Crippen LogP contribution in [-0.2, 0) is 11.4 Å². The lowest BCUT2D eigenvalue weighted by Gasteiger charge is -2.11. The van der Waals surface area contributed by atoms with Crippen LogP contribution in [0.15, 0.2) is 94.8 Å². The summed E-state index contributed by atoms with van der Waals surface area (Å²) in [6, 6.07) is 25.7. The second-order valence-electron chi connectivity index (χ2n) is 7.84.